The largest absolute Gasteiger partial charge is 0.293 e. The monoisotopic (exact) mass is 546 g/mol. The van der Waals surface area contributed by atoms with Crippen LogP contribution in [0.5, 0.6) is 0 Å². The smallest absolute Gasteiger partial charge is 0.0887 e. The van der Waals surface area contributed by atoms with Crippen LogP contribution in [0.4, 0.5) is 0 Å². The summed E-state index contributed by atoms with van der Waals surface area (Å²) in [6, 6.07) is 0. The lowest BCUT2D eigenvalue weighted by Gasteiger charge is -2.36. The summed E-state index contributed by atoms with van der Waals surface area (Å²) in [7, 11) is 3.71. The Morgan fingerprint density at radius 3 is 0.967 bits per heavy atom. The highest BCUT2D eigenvalue weighted by atomic mass is 33.7. The second-order valence-electron chi connectivity index (χ2n) is 5.45. The summed E-state index contributed by atoms with van der Waals surface area (Å²) in [4.78, 5) is 0. The highest BCUT2D eigenvalue weighted by Crippen LogP contribution is 2.54. The lowest BCUT2D eigenvalue weighted by molar-refractivity contribution is 0.184. The van der Waals surface area contributed by atoms with Gasteiger partial charge in [0, 0.05) is 23.0 Å². The normalized spacial score (nSPS) is 13.7. The highest BCUT2D eigenvalue weighted by Gasteiger charge is 2.26. The van der Waals surface area contributed by atoms with Gasteiger partial charge in [-0.25, -0.2) is 0 Å². The quantitative estimate of drug-likeness (QED) is 0.0938. The molecule has 0 aliphatic rings. The maximum absolute atomic E-state index is 5.85. The fourth-order valence-electron chi connectivity index (χ4n) is 2.33. The van der Waals surface area contributed by atoms with Crippen LogP contribution < -0.4 is 0 Å². The molecular weight excluding hydrogens is 505 g/mol. The minimum absolute atomic E-state index is 0.614. The Balaban J connectivity index is 3.97. The standard InChI is InChI=1S/C18H42O6S6/c1-7-19-29(20-8-2,21-9-3)17-13-15-25-27-28-26-16-14-18-30(22-10-4,23-11-5)24-12-6/h7-18H2,1-6H3. The molecule has 0 aromatic rings. The first-order valence-corrected chi connectivity index (χ1v) is 18.9. The molecule has 0 amide bonds. The molecule has 6 nitrogen and oxygen atoms in total. The Morgan fingerprint density at radius 1 is 0.467 bits per heavy atom. The van der Waals surface area contributed by atoms with Crippen molar-refractivity contribution in [2.45, 2.75) is 54.4 Å². The van der Waals surface area contributed by atoms with Crippen molar-refractivity contribution in [3.63, 3.8) is 0 Å². The Labute approximate surface area is 204 Å². The van der Waals surface area contributed by atoms with E-state index in [1.807, 2.05) is 82.8 Å². The average molecular weight is 547 g/mol. The predicted octanol–water partition coefficient (Wildman–Crippen LogP) is 7.76. The summed E-state index contributed by atoms with van der Waals surface area (Å²) < 4.78 is 35.1. The van der Waals surface area contributed by atoms with Gasteiger partial charge in [0.25, 0.3) is 0 Å². The zero-order chi connectivity index (χ0) is 22.6. The Bertz CT molecular complexity index is 315. The van der Waals surface area contributed by atoms with Gasteiger partial charge in [0.2, 0.25) is 0 Å². The van der Waals surface area contributed by atoms with Gasteiger partial charge in [-0.05, 0) is 74.0 Å². The van der Waals surface area contributed by atoms with E-state index in [-0.39, 0.29) is 0 Å². The van der Waals surface area contributed by atoms with Gasteiger partial charge in [0.05, 0.1) is 61.4 Å². The van der Waals surface area contributed by atoms with Crippen LogP contribution in [0.15, 0.2) is 0 Å². The number of hydrogen-bond acceptors (Lipinski definition) is 10. The Hall–Kier alpha value is 1.86. The first-order valence-electron chi connectivity index (χ1n) is 10.6. The Morgan fingerprint density at radius 2 is 0.733 bits per heavy atom. The molecular formula is C18H42O6S6. The van der Waals surface area contributed by atoms with E-state index >= 15 is 0 Å². The average Bonchev–Trinajstić information content (AvgIpc) is 2.70. The van der Waals surface area contributed by atoms with Crippen molar-refractivity contribution >= 4 is 63.0 Å². The summed E-state index contributed by atoms with van der Waals surface area (Å²) in [5.41, 5.74) is 0. The molecule has 0 atom stereocenters. The van der Waals surface area contributed by atoms with E-state index in [1.165, 1.54) is 0 Å². The maximum Gasteiger partial charge on any atom is 0.0887 e. The van der Waals surface area contributed by atoms with Gasteiger partial charge in [-0.1, -0.05) is 21.6 Å². The minimum Gasteiger partial charge on any atom is -0.293 e. The van der Waals surface area contributed by atoms with Crippen LogP contribution in [0, 0.1) is 0 Å². The maximum atomic E-state index is 5.85. The molecule has 186 valence electrons. The molecule has 0 bridgehead atoms. The molecule has 0 rings (SSSR count). The van der Waals surface area contributed by atoms with Gasteiger partial charge < -0.3 is 0 Å². The van der Waals surface area contributed by atoms with Crippen LogP contribution in [-0.4, -0.2) is 62.7 Å². The molecule has 0 saturated carbocycles. The van der Waals surface area contributed by atoms with E-state index in [1.54, 1.807) is 0 Å². The van der Waals surface area contributed by atoms with Crippen molar-refractivity contribution in [3.8, 4) is 0 Å². The van der Waals surface area contributed by atoms with Crippen LogP contribution in [-0.2, 0) is 25.1 Å². The molecule has 0 spiro atoms. The molecule has 0 saturated heterocycles. The summed E-state index contributed by atoms with van der Waals surface area (Å²) in [6.45, 7) is 15.6. The number of rotatable bonds is 23. The Kier molecular flexibility index (Phi) is 22.7. The van der Waals surface area contributed by atoms with E-state index in [9.17, 15) is 0 Å². The first kappa shape index (κ1) is 31.9. The summed E-state index contributed by atoms with van der Waals surface area (Å²) in [6.07, 6.45) is 2.03. The molecule has 30 heavy (non-hydrogen) atoms. The molecule has 0 unspecified atom stereocenters. The molecule has 0 fully saturated rings. The van der Waals surface area contributed by atoms with E-state index in [0.29, 0.717) is 39.6 Å². The first-order chi connectivity index (χ1) is 14.6. The summed E-state index contributed by atoms with van der Waals surface area (Å²) in [5, 5.41) is 0. The van der Waals surface area contributed by atoms with E-state index in [4.69, 9.17) is 25.1 Å². The van der Waals surface area contributed by atoms with Gasteiger partial charge in [0.1, 0.15) is 0 Å². The molecule has 0 aliphatic carbocycles. The zero-order valence-corrected chi connectivity index (χ0v) is 24.3. The van der Waals surface area contributed by atoms with Crippen molar-refractivity contribution in [1.82, 2.24) is 0 Å². The van der Waals surface area contributed by atoms with Crippen molar-refractivity contribution in [2.24, 2.45) is 0 Å². The van der Waals surface area contributed by atoms with E-state index < -0.39 is 21.7 Å². The van der Waals surface area contributed by atoms with Crippen molar-refractivity contribution in [3.05, 3.63) is 0 Å². The number of hydrogen-bond donors (Lipinski definition) is 0. The third kappa shape index (κ3) is 14.9. The topological polar surface area (TPSA) is 55.4 Å². The van der Waals surface area contributed by atoms with Crippen LogP contribution in [0.2, 0.25) is 0 Å². The lowest BCUT2D eigenvalue weighted by atomic mass is 10.6. The van der Waals surface area contributed by atoms with Gasteiger partial charge in [-0.15, -0.1) is 0 Å². The molecule has 0 radical (unpaired) electrons. The molecule has 0 heterocycles. The molecule has 0 aliphatic heterocycles. The molecule has 0 aromatic carbocycles. The van der Waals surface area contributed by atoms with Crippen LogP contribution in [0.25, 0.3) is 0 Å². The van der Waals surface area contributed by atoms with Gasteiger partial charge in [-0.2, -0.15) is 0 Å². The lowest BCUT2D eigenvalue weighted by Crippen LogP contribution is -2.16. The van der Waals surface area contributed by atoms with Crippen LogP contribution >= 0.6 is 63.0 Å². The van der Waals surface area contributed by atoms with E-state index in [0.717, 1.165) is 35.9 Å². The molecule has 0 N–H and O–H groups in total. The van der Waals surface area contributed by atoms with E-state index in [2.05, 4.69) is 0 Å². The second-order valence-corrected chi connectivity index (χ2v) is 16.2. The van der Waals surface area contributed by atoms with Crippen LogP contribution in [0.1, 0.15) is 54.4 Å². The van der Waals surface area contributed by atoms with Crippen LogP contribution in [0.3, 0.4) is 0 Å². The van der Waals surface area contributed by atoms with Crippen molar-refractivity contribution in [1.29, 1.82) is 0 Å². The molecule has 0 aromatic heterocycles. The fraction of sp³-hybridized carbons (Fsp3) is 1.00. The van der Waals surface area contributed by atoms with Crippen molar-refractivity contribution < 1.29 is 25.1 Å². The summed E-state index contributed by atoms with van der Waals surface area (Å²) in [5.74, 6) is 3.75. The minimum atomic E-state index is -1.85. The zero-order valence-electron chi connectivity index (χ0n) is 19.4. The predicted molar refractivity (Wildman–Crippen MR) is 144 cm³/mol. The van der Waals surface area contributed by atoms with Crippen molar-refractivity contribution in [2.75, 3.05) is 62.7 Å². The third-order valence-electron chi connectivity index (χ3n) is 3.15. The van der Waals surface area contributed by atoms with Gasteiger partial charge in [0.15, 0.2) is 0 Å². The second kappa shape index (κ2) is 21.4. The fourth-order valence-corrected chi connectivity index (χ4v) is 13.1. The SMILES string of the molecule is CCOS(CCCSSSSCCCS(OCC)(OCC)OCC)(OCC)OCC. The van der Waals surface area contributed by atoms with Gasteiger partial charge >= 0.3 is 0 Å². The van der Waals surface area contributed by atoms with Gasteiger partial charge in [-0.3, -0.25) is 25.1 Å². The summed E-state index contributed by atoms with van der Waals surface area (Å²) >= 11 is 0. The third-order valence-corrected chi connectivity index (χ3v) is 14.9. The highest BCUT2D eigenvalue weighted by molar-refractivity contribution is 9.26. The molecule has 12 heteroatoms.